The third-order valence-corrected chi connectivity index (χ3v) is 6.20. The van der Waals surface area contributed by atoms with Crippen molar-refractivity contribution < 1.29 is 53.4 Å². The van der Waals surface area contributed by atoms with E-state index in [1.54, 1.807) is 12.1 Å². The van der Waals surface area contributed by atoms with Crippen molar-refractivity contribution in [2.75, 3.05) is 14.2 Å². The first-order chi connectivity index (χ1) is 18.1. The van der Waals surface area contributed by atoms with Crippen LogP contribution in [0.4, 0.5) is 0 Å². The highest BCUT2D eigenvalue weighted by Crippen LogP contribution is 2.41. The lowest BCUT2D eigenvalue weighted by Gasteiger charge is -2.35. The lowest BCUT2D eigenvalue weighted by atomic mass is 9.82. The second-order valence-corrected chi connectivity index (χ2v) is 8.79. The molecule has 1 aliphatic carbocycles. The summed E-state index contributed by atoms with van der Waals surface area (Å²) in [6.07, 6.45) is 1.35. The molecule has 1 aliphatic heterocycles. The van der Waals surface area contributed by atoms with Crippen molar-refractivity contribution in [1.82, 2.24) is 0 Å². The molecule has 11 nitrogen and oxygen atoms in total. The van der Waals surface area contributed by atoms with Gasteiger partial charge in [0.15, 0.2) is 34.7 Å². The molecule has 200 valence electrons. The second kappa shape index (κ2) is 10.9. The van der Waals surface area contributed by atoms with E-state index in [1.165, 1.54) is 50.6 Å². The predicted octanol–water partition coefficient (Wildman–Crippen LogP) is 2.12. The SMILES string of the molecule is COc1cc(C=CC(=O)OC2CC3(O)CC(OC3=O)C2OC(=O)C=Cc2ccc(O)c(OC)c2)ccc1O. The first-order valence-electron chi connectivity index (χ1n) is 11.6. The summed E-state index contributed by atoms with van der Waals surface area (Å²) in [4.78, 5) is 37.4. The summed E-state index contributed by atoms with van der Waals surface area (Å²) in [5.41, 5.74) is -0.775. The van der Waals surface area contributed by atoms with Crippen LogP contribution < -0.4 is 9.47 Å². The van der Waals surface area contributed by atoms with Crippen molar-refractivity contribution in [3.8, 4) is 23.0 Å². The smallest absolute Gasteiger partial charge is 0.338 e. The van der Waals surface area contributed by atoms with Gasteiger partial charge in [0.2, 0.25) is 0 Å². The van der Waals surface area contributed by atoms with Crippen LogP contribution in [0.5, 0.6) is 23.0 Å². The van der Waals surface area contributed by atoms with Gasteiger partial charge in [-0.3, -0.25) is 0 Å². The zero-order chi connectivity index (χ0) is 27.4. The van der Waals surface area contributed by atoms with E-state index in [0.29, 0.717) is 11.1 Å². The van der Waals surface area contributed by atoms with Gasteiger partial charge in [0.25, 0.3) is 0 Å². The molecule has 2 aromatic carbocycles. The minimum Gasteiger partial charge on any atom is -0.504 e. The maximum absolute atomic E-state index is 12.6. The lowest BCUT2D eigenvalue weighted by Crippen LogP contribution is -2.51. The number of phenolic OH excluding ortho intramolecular Hbond substituents is 2. The Kier molecular flexibility index (Phi) is 7.58. The van der Waals surface area contributed by atoms with E-state index < -0.39 is 41.8 Å². The quantitative estimate of drug-likeness (QED) is 0.263. The number of aliphatic hydroxyl groups is 1. The Morgan fingerprint density at radius 2 is 1.42 bits per heavy atom. The van der Waals surface area contributed by atoms with Gasteiger partial charge >= 0.3 is 17.9 Å². The standard InChI is InChI=1S/C27H26O11/c1-34-19-11-15(3-7-17(19)28)5-9-23(30)36-21-13-27(33)14-22(37-26(27)32)25(21)38-24(31)10-6-16-4-8-18(29)20(12-16)35-2/h3-12,21-22,25,28-29,33H,13-14H2,1-2H3. The van der Waals surface area contributed by atoms with Gasteiger partial charge in [0.1, 0.15) is 12.2 Å². The third kappa shape index (κ3) is 5.73. The van der Waals surface area contributed by atoms with Crippen LogP contribution in [0.1, 0.15) is 24.0 Å². The number of rotatable bonds is 8. The number of esters is 3. The van der Waals surface area contributed by atoms with E-state index in [0.717, 1.165) is 12.2 Å². The molecule has 1 saturated carbocycles. The largest absolute Gasteiger partial charge is 0.504 e. The van der Waals surface area contributed by atoms with Crippen molar-refractivity contribution in [1.29, 1.82) is 0 Å². The Bertz CT molecular complexity index is 1300. The summed E-state index contributed by atoms with van der Waals surface area (Å²) >= 11 is 0. The number of ether oxygens (including phenoxy) is 5. The zero-order valence-electron chi connectivity index (χ0n) is 20.5. The molecule has 0 radical (unpaired) electrons. The Hall–Kier alpha value is -4.51. The third-order valence-electron chi connectivity index (χ3n) is 6.20. The first-order valence-corrected chi connectivity index (χ1v) is 11.6. The van der Waals surface area contributed by atoms with Crippen LogP contribution in [0.25, 0.3) is 12.2 Å². The molecule has 4 atom stereocenters. The highest BCUT2D eigenvalue weighted by molar-refractivity contribution is 5.89. The van der Waals surface area contributed by atoms with E-state index in [9.17, 15) is 29.7 Å². The van der Waals surface area contributed by atoms with Crippen LogP contribution in [0.2, 0.25) is 0 Å². The average Bonchev–Trinajstić information content (AvgIpc) is 3.14. The van der Waals surface area contributed by atoms with Crippen molar-refractivity contribution in [2.24, 2.45) is 0 Å². The topological polar surface area (TPSA) is 158 Å². The molecule has 1 saturated heterocycles. The Labute approximate surface area is 217 Å². The molecule has 38 heavy (non-hydrogen) atoms. The highest BCUT2D eigenvalue weighted by Gasteiger charge is 2.60. The van der Waals surface area contributed by atoms with Gasteiger partial charge < -0.3 is 39.0 Å². The van der Waals surface area contributed by atoms with Gasteiger partial charge in [-0.15, -0.1) is 0 Å². The number of carbonyl (C=O) groups excluding carboxylic acids is 3. The van der Waals surface area contributed by atoms with E-state index in [2.05, 4.69) is 0 Å². The maximum atomic E-state index is 12.6. The van der Waals surface area contributed by atoms with Gasteiger partial charge in [0.05, 0.1) is 14.2 Å². The fourth-order valence-electron chi connectivity index (χ4n) is 4.29. The van der Waals surface area contributed by atoms with E-state index in [4.69, 9.17) is 23.7 Å². The summed E-state index contributed by atoms with van der Waals surface area (Å²) in [5.74, 6) is -2.18. The van der Waals surface area contributed by atoms with Gasteiger partial charge in [-0.1, -0.05) is 12.1 Å². The molecule has 0 spiro atoms. The van der Waals surface area contributed by atoms with E-state index in [-0.39, 0.29) is 35.8 Å². The molecular formula is C27H26O11. The van der Waals surface area contributed by atoms with E-state index >= 15 is 0 Å². The molecule has 0 amide bonds. The van der Waals surface area contributed by atoms with Gasteiger partial charge in [-0.25, -0.2) is 14.4 Å². The van der Waals surface area contributed by atoms with Crippen LogP contribution in [-0.4, -0.2) is 71.4 Å². The van der Waals surface area contributed by atoms with Crippen LogP contribution in [0.3, 0.4) is 0 Å². The number of benzene rings is 2. The first kappa shape index (κ1) is 26.6. The number of aromatic hydroxyl groups is 2. The van der Waals surface area contributed by atoms with Gasteiger partial charge in [-0.2, -0.15) is 0 Å². The minimum absolute atomic E-state index is 0.0618. The monoisotopic (exact) mass is 526 g/mol. The highest BCUT2D eigenvalue weighted by atomic mass is 16.6. The minimum atomic E-state index is -1.86. The molecule has 2 bridgehead atoms. The fraction of sp³-hybridized carbons (Fsp3) is 0.296. The Balaban J connectivity index is 1.47. The van der Waals surface area contributed by atoms with Crippen molar-refractivity contribution >= 4 is 30.1 Å². The maximum Gasteiger partial charge on any atom is 0.338 e. The number of methoxy groups -OCH3 is 2. The van der Waals surface area contributed by atoms with Crippen LogP contribution >= 0.6 is 0 Å². The zero-order valence-corrected chi connectivity index (χ0v) is 20.5. The average molecular weight is 526 g/mol. The molecule has 2 aliphatic rings. The second-order valence-electron chi connectivity index (χ2n) is 8.79. The Morgan fingerprint density at radius 1 is 0.895 bits per heavy atom. The molecule has 4 rings (SSSR count). The fourth-order valence-corrected chi connectivity index (χ4v) is 4.29. The van der Waals surface area contributed by atoms with Crippen LogP contribution in [-0.2, 0) is 28.6 Å². The number of carbonyl (C=O) groups is 3. The van der Waals surface area contributed by atoms with Crippen LogP contribution in [0.15, 0.2) is 48.6 Å². The summed E-state index contributed by atoms with van der Waals surface area (Å²) in [5, 5.41) is 30.0. The molecule has 0 aromatic heterocycles. The van der Waals surface area contributed by atoms with Crippen molar-refractivity contribution in [3.63, 3.8) is 0 Å². The molecule has 4 unspecified atom stereocenters. The van der Waals surface area contributed by atoms with Gasteiger partial charge in [0, 0.05) is 25.0 Å². The van der Waals surface area contributed by atoms with Crippen LogP contribution in [0, 0.1) is 0 Å². The normalized spacial score (nSPS) is 24.3. The van der Waals surface area contributed by atoms with Crippen molar-refractivity contribution in [2.45, 2.75) is 36.8 Å². The lowest BCUT2D eigenvalue weighted by molar-refractivity contribution is -0.178. The summed E-state index contributed by atoms with van der Waals surface area (Å²) in [6.45, 7) is 0. The number of phenols is 2. The molecule has 3 N–H and O–H groups in total. The summed E-state index contributed by atoms with van der Waals surface area (Å²) < 4.78 is 26.2. The molecule has 1 heterocycles. The summed E-state index contributed by atoms with van der Waals surface area (Å²) in [7, 11) is 2.78. The van der Waals surface area contributed by atoms with Crippen molar-refractivity contribution in [3.05, 3.63) is 59.7 Å². The summed E-state index contributed by atoms with van der Waals surface area (Å²) in [6, 6.07) is 8.94. The molecule has 2 aromatic rings. The van der Waals surface area contributed by atoms with Gasteiger partial charge in [-0.05, 0) is 47.5 Å². The molecular weight excluding hydrogens is 500 g/mol. The Morgan fingerprint density at radius 3 is 1.95 bits per heavy atom. The molecule has 11 heteroatoms. The predicted molar refractivity (Wildman–Crippen MR) is 131 cm³/mol. The number of fused-ring (bicyclic) bond motifs is 2. The van der Waals surface area contributed by atoms with E-state index in [1.807, 2.05) is 0 Å². The molecule has 2 fully saturated rings. The number of hydrogen-bond acceptors (Lipinski definition) is 11. The number of hydrogen-bond donors (Lipinski definition) is 3.